The molecule has 2 nitrogen and oxygen atoms in total. The van der Waals surface area contributed by atoms with Crippen LogP contribution in [0.2, 0.25) is 0 Å². The molecule has 0 spiro atoms. The highest BCUT2D eigenvalue weighted by Gasteiger charge is 2.17. The van der Waals surface area contributed by atoms with Crippen LogP contribution in [0.3, 0.4) is 0 Å². The van der Waals surface area contributed by atoms with Crippen LogP contribution >= 0.6 is 0 Å². The first-order valence-electron chi connectivity index (χ1n) is 19.8. The molecule has 2 heteroatoms. The van der Waals surface area contributed by atoms with Crippen LogP contribution in [-0.2, 0) is 0 Å². The number of benzene rings is 10. The van der Waals surface area contributed by atoms with Gasteiger partial charge in [0.05, 0.1) is 0 Å². The summed E-state index contributed by atoms with van der Waals surface area (Å²) in [5, 5.41) is 7.27. The second-order valence-electron chi connectivity index (χ2n) is 15.0. The van der Waals surface area contributed by atoms with Gasteiger partial charge in [0.2, 0.25) is 0 Å². The normalized spacial score (nSPS) is 11.4. The smallest absolute Gasteiger partial charge is 0.136 e. The van der Waals surface area contributed by atoms with Crippen LogP contribution in [0.5, 0.6) is 0 Å². The van der Waals surface area contributed by atoms with E-state index in [9.17, 15) is 0 Å². The summed E-state index contributed by atoms with van der Waals surface area (Å²) in [6.07, 6.45) is 0. The minimum atomic E-state index is 0.901. The van der Waals surface area contributed by atoms with Crippen molar-refractivity contribution in [2.75, 3.05) is 4.90 Å². The number of rotatable bonds is 7. The number of hydrogen-bond acceptors (Lipinski definition) is 2. The number of hydrogen-bond donors (Lipinski definition) is 0. The van der Waals surface area contributed by atoms with Crippen molar-refractivity contribution in [1.82, 2.24) is 0 Å². The van der Waals surface area contributed by atoms with Crippen LogP contribution in [-0.4, -0.2) is 0 Å². The van der Waals surface area contributed by atoms with E-state index in [1.807, 2.05) is 12.1 Å². The summed E-state index contributed by atoms with van der Waals surface area (Å²) >= 11 is 0. The largest absolute Gasteiger partial charge is 0.456 e. The zero-order valence-electron chi connectivity index (χ0n) is 31.7. The third-order valence-electron chi connectivity index (χ3n) is 11.5. The molecule has 58 heavy (non-hydrogen) atoms. The van der Waals surface area contributed by atoms with Gasteiger partial charge in [0.15, 0.2) is 0 Å². The highest BCUT2D eigenvalue weighted by atomic mass is 16.3. The van der Waals surface area contributed by atoms with E-state index in [1.54, 1.807) is 0 Å². The van der Waals surface area contributed by atoms with Gasteiger partial charge in [-0.25, -0.2) is 0 Å². The minimum absolute atomic E-state index is 0.901. The van der Waals surface area contributed by atoms with E-state index >= 15 is 0 Å². The highest BCUT2D eigenvalue weighted by molar-refractivity contribution is 6.12. The molecule has 0 aliphatic carbocycles. The Hall–Kier alpha value is -7.68. The summed E-state index contributed by atoms with van der Waals surface area (Å²) in [7, 11) is 0. The molecule has 272 valence electrons. The van der Waals surface area contributed by atoms with Crippen molar-refractivity contribution in [3.05, 3.63) is 224 Å². The molecule has 0 saturated heterocycles. The Morgan fingerprint density at radius 1 is 0.276 bits per heavy atom. The van der Waals surface area contributed by atoms with Gasteiger partial charge in [0.1, 0.15) is 11.2 Å². The predicted octanol–water partition coefficient (Wildman–Crippen LogP) is 16.0. The lowest BCUT2D eigenvalue weighted by atomic mass is 9.98. The van der Waals surface area contributed by atoms with Gasteiger partial charge in [-0.3, -0.25) is 0 Å². The Morgan fingerprint density at radius 2 is 0.741 bits per heavy atom. The molecule has 11 rings (SSSR count). The lowest BCUT2D eigenvalue weighted by molar-refractivity contribution is 0.669. The van der Waals surface area contributed by atoms with E-state index in [0.717, 1.165) is 50.1 Å². The summed E-state index contributed by atoms with van der Waals surface area (Å²) in [6, 6.07) is 80.8. The molecule has 0 radical (unpaired) electrons. The maximum atomic E-state index is 6.24. The van der Waals surface area contributed by atoms with Gasteiger partial charge < -0.3 is 9.32 Å². The molecule has 0 atom stereocenters. The fourth-order valence-corrected chi connectivity index (χ4v) is 8.47. The minimum Gasteiger partial charge on any atom is -0.456 e. The third-order valence-corrected chi connectivity index (χ3v) is 11.5. The molecule has 11 aromatic rings. The Morgan fingerprint density at radius 3 is 1.40 bits per heavy atom. The van der Waals surface area contributed by atoms with E-state index in [-0.39, 0.29) is 0 Å². The lowest BCUT2D eigenvalue weighted by Crippen LogP contribution is -2.10. The van der Waals surface area contributed by atoms with Crippen LogP contribution in [0.15, 0.2) is 229 Å². The van der Waals surface area contributed by atoms with Gasteiger partial charge in [-0.1, -0.05) is 164 Å². The average molecular weight is 740 g/mol. The molecule has 0 bridgehead atoms. The zero-order valence-corrected chi connectivity index (χ0v) is 31.7. The van der Waals surface area contributed by atoms with Gasteiger partial charge in [0, 0.05) is 27.8 Å². The molecular formula is C56H37NO. The molecule has 0 aliphatic heterocycles. The third kappa shape index (κ3) is 6.09. The molecule has 10 aromatic carbocycles. The Labute approximate surface area is 337 Å². The van der Waals surface area contributed by atoms with Crippen molar-refractivity contribution in [3.63, 3.8) is 0 Å². The second kappa shape index (κ2) is 14.1. The van der Waals surface area contributed by atoms with Crippen molar-refractivity contribution < 1.29 is 4.42 Å². The van der Waals surface area contributed by atoms with Gasteiger partial charge in [-0.2, -0.15) is 0 Å². The maximum Gasteiger partial charge on any atom is 0.136 e. The van der Waals surface area contributed by atoms with Gasteiger partial charge >= 0.3 is 0 Å². The van der Waals surface area contributed by atoms with Crippen molar-refractivity contribution >= 4 is 60.5 Å². The maximum absolute atomic E-state index is 6.24. The topological polar surface area (TPSA) is 16.4 Å². The number of para-hydroxylation sites is 1. The Kier molecular flexibility index (Phi) is 8.19. The predicted molar refractivity (Wildman–Crippen MR) is 245 cm³/mol. The van der Waals surface area contributed by atoms with Crippen molar-refractivity contribution in [3.8, 4) is 44.5 Å². The van der Waals surface area contributed by atoms with Crippen LogP contribution in [0, 0.1) is 0 Å². The van der Waals surface area contributed by atoms with Crippen molar-refractivity contribution in [2.24, 2.45) is 0 Å². The molecule has 0 unspecified atom stereocenters. The standard InChI is InChI=1S/C56H37NO/c1-3-11-44-35-47(25-23-38(44)9-1)42-21-19-40(20-22-42)41-27-31-49(32-28-41)57(51-14-7-13-46(37-51)48-26-24-39-10-2-4-12-45(39)36-48)50-33-29-43(30-34-50)52-16-8-18-55-56(52)53-15-5-6-17-54(53)58-55/h1-37H. The average Bonchev–Trinajstić information content (AvgIpc) is 3.69. The number of nitrogens with zero attached hydrogens (tertiary/aromatic N) is 1. The van der Waals surface area contributed by atoms with Crippen molar-refractivity contribution in [2.45, 2.75) is 0 Å². The Balaban J connectivity index is 0.965. The lowest BCUT2D eigenvalue weighted by Gasteiger charge is -2.26. The van der Waals surface area contributed by atoms with E-state index in [4.69, 9.17) is 4.42 Å². The first-order valence-corrected chi connectivity index (χ1v) is 19.8. The first kappa shape index (κ1) is 33.6. The van der Waals surface area contributed by atoms with Gasteiger partial charge in [0.25, 0.3) is 0 Å². The van der Waals surface area contributed by atoms with Crippen LogP contribution in [0.25, 0.3) is 88.0 Å². The molecule has 0 amide bonds. The van der Waals surface area contributed by atoms with E-state index in [1.165, 1.54) is 54.9 Å². The number of fused-ring (bicyclic) bond motifs is 5. The monoisotopic (exact) mass is 739 g/mol. The summed E-state index contributed by atoms with van der Waals surface area (Å²) in [5.41, 5.74) is 14.5. The summed E-state index contributed by atoms with van der Waals surface area (Å²) in [4.78, 5) is 2.36. The van der Waals surface area contributed by atoms with E-state index < -0.39 is 0 Å². The molecule has 0 N–H and O–H groups in total. The zero-order chi connectivity index (χ0) is 38.4. The fourth-order valence-electron chi connectivity index (χ4n) is 8.47. The highest BCUT2D eigenvalue weighted by Crippen LogP contribution is 2.41. The molecule has 1 heterocycles. The van der Waals surface area contributed by atoms with Crippen LogP contribution < -0.4 is 4.90 Å². The molecule has 1 aromatic heterocycles. The molecule has 0 aliphatic rings. The van der Waals surface area contributed by atoms with Crippen molar-refractivity contribution in [1.29, 1.82) is 0 Å². The summed E-state index contributed by atoms with van der Waals surface area (Å²) in [5.74, 6) is 0. The number of anilines is 3. The Bertz CT molecular complexity index is 3270. The summed E-state index contributed by atoms with van der Waals surface area (Å²) < 4.78 is 6.24. The fraction of sp³-hybridized carbons (Fsp3) is 0. The number of furan rings is 1. The quantitative estimate of drug-likeness (QED) is 0.162. The summed E-state index contributed by atoms with van der Waals surface area (Å²) in [6.45, 7) is 0. The molecular weight excluding hydrogens is 703 g/mol. The van der Waals surface area contributed by atoms with E-state index in [0.29, 0.717) is 0 Å². The first-order chi connectivity index (χ1) is 28.7. The van der Waals surface area contributed by atoms with Crippen LogP contribution in [0.1, 0.15) is 0 Å². The van der Waals surface area contributed by atoms with Gasteiger partial charge in [-0.05, 0) is 127 Å². The van der Waals surface area contributed by atoms with E-state index in [2.05, 4.69) is 217 Å². The van der Waals surface area contributed by atoms with Gasteiger partial charge in [-0.15, -0.1) is 0 Å². The molecule has 0 fully saturated rings. The SMILES string of the molecule is c1cc(-c2ccc3ccccc3c2)cc(N(c2ccc(-c3ccc(-c4ccc5ccccc5c4)cc3)cc2)c2ccc(-c3cccc4oc5ccccc5c34)cc2)c1. The van der Waals surface area contributed by atoms with Crippen LogP contribution in [0.4, 0.5) is 17.1 Å². The second-order valence-corrected chi connectivity index (χ2v) is 15.0. The molecule has 0 saturated carbocycles.